The molecular weight excluding hydrogens is 304 g/mol. The van der Waals surface area contributed by atoms with Crippen molar-refractivity contribution in [3.8, 4) is 12.3 Å². The van der Waals surface area contributed by atoms with E-state index in [0.29, 0.717) is 25.3 Å². The van der Waals surface area contributed by atoms with Gasteiger partial charge in [-0.2, -0.15) is 0 Å². The summed E-state index contributed by atoms with van der Waals surface area (Å²) in [5.74, 6) is 2.44. The smallest absolute Gasteiger partial charge is 0.227 e. The Morgan fingerprint density at radius 3 is 2.79 bits per heavy atom. The molecule has 1 saturated carbocycles. The van der Waals surface area contributed by atoms with Gasteiger partial charge in [0.2, 0.25) is 11.8 Å². The maximum Gasteiger partial charge on any atom is 0.227 e. The minimum Gasteiger partial charge on any atom is -0.467 e. The van der Waals surface area contributed by atoms with E-state index in [0.717, 1.165) is 19.3 Å². The molecule has 0 aromatic carbocycles. The van der Waals surface area contributed by atoms with Crippen LogP contribution in [0.4, 0.5) is 0 Å². The van der Waals surface area contributed by atoms with Crippen LogP contribution >= 0.6 is 0 Å². The molecule has 0 saturated heterocycles. The SMILES string of the molecule is C#CCN(Cc1ccco1)C(=O)[C@H]1CCCC[C@H]1C(=O)NCC=C. The molecule has 0 spiro atoms. The second kappa shape index (κ2) is 8.97. The minimum atomic E-state index is -0.327. The Morgan fingerprint density at radius 1 is 1.42 bits per heavy atom. The second-order valence-electron chi connectivity index (χ2n) is 6.01. The molecule has 0 aliphatic heterocycles. The highest BCUT2D eigenvalue weighted by Crippen LogP contribution is 2.32. The lowest BCUT2D eigenvalue weighted by Crippen LogP contribution is -2.45. The van der Waals surface area contributed by atoms with Gasteiger partial charge in [0.25, 0.3) is 0 Å². The quantitative estimate of drug-likeness (QED) is 0.617. The second-order valence-corrected chi connectivity index (χ2v) is 6.01. The Labute approximate surface area is 143 Å². The number of hydrogen-bond acceptors (Lipinski definition) is 3. The first-order valence-corrected chi connectivity index (χ1v) is 8.30. The summed E-state index contributed by atoms with van der Waals surface area (Å²) in [6, 6.07) is 3.59. The molecule has 1 fully saturated rings. The fraction of sp³-hybridized carbons (Fsp3) is 0.474. The van der Waals surface area contributed by atoms with Crippen LogP contribution in [0.2, 0.25) is 0 Å². The van der Waals surface area contributed by atoms with Gasteiger partial charge in [0.05, 0.1) is 19.4 Å². The van der Waals surface area contributed by atoms with Crippen LogP contribution in [-0.4, -0.2) is 29.8 Å². The van der Waals surface area contributed by atoms with E-state index in [9.17, 15) is 9.59 Å². The van der Waals surface area contributed by atoms with Crippen molar-refractivity contribution in [1.29, 1.82) is 0 Å². The molecule has 2 amide bonds. The monoisotopic (exact) mass is 328 g/mol. The number of nitrogens with zero attached hydrogens (tertiary/aromatic N) is 1. The maximum atomic E-state index is 13.0. The molecule has 1 N–H and O–H groups in total. The summed E-state index contributed by atoms with van der Waals surface area (Å²) in [7, 11) is 0. The first-order chi connectivity index (χ1) is 11.7. The Balaban J connectivity index is 2.11. The van der Waals surface area contributed by atoms with Crippen LogP contribution < -0.4 is 5.32 Å². The lowest BCUT2D eigenvalue weighted by molar-refractivity contribution is -0.143. The molecule has 1 aliphatic carbocycles. The molecule has 1 aromatic rings. The van der Waals surface area contributed by atoms with Crippen molar-refractivity contribution in [2.45, 2.75) is 32.2 Å². The van der Waals surface area contributed by atoms with Crippen molar-refractivity contribution < 1.29 is 14.0 Å². The van der Waals surface area contributed by atoms with Crippen LogP contribution in [0.1, 0.15) is 31.4 Å². The van der Waals surface area contributed by atoms with Gasteiger partial charge in [-0.15, -0.1) is 13.0 Å². The summed E-state index contributed by atoms with van der Waals surface area (Å²) in [5.41, 5.74) is 0. The van der Waals surface area contributed by atoms with Crippen LogP contribution in [0.5, 0.6) is 0 Å². The lowest BCUT2D eigenvalue weighted by Gasteiger charge is -2.33. The molecule has 0 bridgehead atoms. The zero-order valence-corrected chi connectivity index (χ0v) is 13.9. The van der Waals surface area contributed by atoms with Crippen molar-refractivity contribution in [3.63, 3.8) is 0 Å². The largest absolute Gasteiger partial charge is 0.467 e. The predicted octanol–water partition coefficient (Wildman–Crippen LogP) is 2.35. The molecule has 1 aliphatic rings. The van der Waals surface area contributed by atoms with E-state index in [-0.39, 0.29) is 30.2 Å². The molecule has 2 atom stereocenters. The van der Waals surface area contributed by atoms with Crippen molar-refractivity contribution in [1.82, 2.24) is 10.2 Å². The molecule has 1 aromatic heterocycles. The average molecular weight is 328 g/mol. The fourth-order valence-electron chi connectivity index (χ4n) is 3.19. The predicted molar refractivity (Wildman–Crippen MR) is 91.6 cm³/mol. The van der Waals surface area contributed by atoms with Gasteiger partial charge in [0, 0.05) is 18.4 Å². The van der Waals surface area contributed by atoms with Crippen LogP contribution in [0.3, 0.4) is 0 Å². The summed E-state index contributed by atoms with van der Waals surface area (Å²) in [4.78, 5) is 27.0. The van der Waals surface area contributed by atoms with Crippen LogP contribution in [-0.2, 0) is 16.1 Å². The summed E-state index contributed by atoms with van der Waals surface area (Å²) in [5, 5.41) is 2.82. The molecule has 24 heavy (non-hydrogen) atoms. The van der Waals surface area contributed by atoms with E-state index < -0.39 is 0 Å². The molecule has 5 heteroatoms. The third-order valence-corrected chi connectivity index (χ3v) is 4.36. The normalized spacial score (nSPS) is 20.0. The lowest BCUT2D eigenvalue weighted by atomic mass is 9.77. The molecule has 0 radical (unpaired) electrons. The number of amides is 2. The topological polar surface area (TPSA) is 62.6 Å². The fourth-order valence-corrected chi connectivity index (χ4v) is 3.19. The summed E-state index contributed by atoms with van der Waals surface area (Å²) >= 11 is 0. The zero-order chi connectivity index (χ0) is 17.4. The summed E-state index contributed by atoms with van der Waals surface area (Å²) in [6.07, 6.45) is 12.0. The molecule has 1 heterocycles. The third-order valence-electron chi connectivity index (χ3n) is 4.36. The molecule has 5 nitrogen and oxygen atoms in total. The Hall–Kier alpha value is -2.48. The minimum absolute atomic E-state index is 0.0668. The first kappa shape index (κ1) is 17.9. The van der Waals surface area contributed by atoms with Crippen LogP contribution in [0.15, 0.2) is 35.5 Å². The van der Waals surface area contributed by atoms with Gasteiger partial charge >= 0.3 is 0 Å². The number of hydrogen-bond donors (Lipinski definition) is 1. The number of terminal acetylenes is 1. The van der Waals surface area contributed by atoms with Gasteiger partial charge in [0.15, 0.2) is 0 Å². The van der Waals surface area contributed by atoms with E-state index in [1.807, 2.05) is 6.07 Å². The molecule has 0 unspecified atom stereocenters. The highest BCUT2D eigenvalue weighted by molar-refractivity contribution is 5.88. The van der Waals surface area contributed by atoms with Gasteiger partial charge in [-0.25, -0.2) is 0 Å². The van der Waals surface area contributed by atoms with Gasteiger partial charge in [-0.05, 0) is 25.0 Å². The van der Waals surface area contributed by atoms with Gasteiger partial charge in [0.1, 0.15) is 5.76 Å². The van der Waals surface area contributed by atoms with E-state index in [2.05, 4.69) is 17.8 Å². The number of furan rings is 1. The third kappa shape index (κ3) is 4.51. The van der Waals surface area contributed by atoms with Crippen molar-refractivity contribution in [2.75, 3.05) is 13.1 Å². The summed E-state index contributed by atoms with van der Waals surface area (Å²) < 4.78 is 5.32. The summed E-state index contributed by atoms with van der Waals surface area (Å²) in [6.45, 7) is 4.55. The van der Waals surface area contributed by atoms with Gasteiger partial charge in [-0.1, -0.05) is 24.8 Å². The van der Waals surface area contributed by atoms with E-state index in [1.165, 1.54) is 0 Å². The molecule has 128 valence electrons. The Kier molecular flexibility index (Phi) is 6.68. The zero-order valence-electron chi connectivity index (χ0n) is 13.9. The molecular formula is C19H24N2O3. The van der Waals surface area contributed by atoms with E-state index in [4.69, 9.17) is 10.8 Å². The first-order valence-electron chi connectivity index (χ1n) is 8.30. The number of rotatable bonds is 7. The number of nitrogens with one attached hydrogen (secondary N) is 1. The van der Waals surface area contributed by atoms with Crippen molar-refractivity contribution >= 4 is 11.8 Å². The highest BCUT2D eigenvalue weighted by atomic mass is 16.3. The Morgan fingerprint density at radius 2 is 2.17 bits per heavy atom. The average Bonchev–Trinajstić information content (AvgIpc) is 3.11. The number of carbonyl (C=O) groups excluding carboxylic acids is 2. The van der Waals surface area contributed by atoms with Crippen molar-refractivity contribution in [3.05, 3.63) is 36.8 Å². The van der Waals surface area contributed by atoms with E-state index >= 15 is 0 Å². The van der Waals surface area contributed by atoms with Crippen LogP contribution in [0, 0.1) is 24.2 Å². The van der Waals surface area contributed by atoms with Gasteiger partial charge in [-0.3, -0.25) is 9.59 Å². The van der Waals surface area contributed by atoms with E-state index in [1.54, 1.807) is 23.3 Å². The maximum absolute atomic E-state index is 13.0. The number of carbonyl (C=O) groups is 2. The molecule has 2 rings (SSSR count). The Bertz CT molecular complexity index is 601. The standard InChI is InChI=1S/C19H24N2O3/c1-3-11-20-18(22)16-9-5-6-10-17(16)19(23)21(12-4-2)14-15-8-7-13-24-15/h2-3,7-8,13,16-17H,1,5-6,9-12,14H2,(H,20,22)/t16-,17+/m1/s1. The van der Waals surface area contributed by atoms with Crippen molar-refractivity contribution in [2.24, 2.45) is 11.8 Å². The highest BCUT2D eigenvalue weighted by Gasteiger charge is 2.37. The van der Waals surface area contributed by atoms with Gasteiger partial charge < -0.3 is 14.6 Å². The van der Waals surface area contributed by atoms with Crippen LogP contribution in [0.25, 0.3) is 0 Å².